The fraction of sp³-hybridized carbons (Fsp3) is 0.130. The summed E-state index contributed by atoms with van der Waals surface area (Å²) in [6.45, 7) is 0. The van der Waals surface area contributed by atoms with Crippen LogP contribution in [0.4, 0.5) is 15.8 Å². The predicted molar refractivity (Wildman–Crippen MR) is 107 cm³/mol. The highest BCUT2D eigenvalue weighted by molar-refractivity contribution is 6.23. The number of para-hydroxylation sites is 1. The molecule has 2 aliphatic rings. The molecule has 5 rings (SSSR count). The van der Waals surface area contributed by atoms with E-state index in [0.717, 1.165) is 4.90 Å². The maximum absolute atomic E-state index is 13.4. The average Bonchev–Trinajstić information content (AvgIpc) is 3.26. The van der Waals surface area contributed by atoms with Crippen molar-refractivity contribution in [3.8, 4) is 5.75 Å². The van der Waals surface area contributed by atoms with Crippen molar-refractivity contribution in [2.75, 3.05) is 9.96 Å². The van der Waals surface area contributed by atoms with Crippen molar-refractivity contribution in [3.63, 3.8) is 0 Å². The number of hydrogen-bond donors (Lipinski definition) is 1. The van der Waals surface area contributed by atoms with E-state index < -0.39 is 35.7 Å². The summed E-state index contributed by atoms with van der Waals surface area (Å²) in [5.41, 5.74) is 1.63. The van der Waals surface area contributed by atoms with E-state index in [2.05, 4.69) is 0 Å². The number of benzene rings is 3. The third-order valence-corrected chi connectivity index (χ3v) is 5.42. The molecular weight excluding hydrogens is 387 g/mol. The van der Waals surface area contributed by atoms with Crippen LogP contribution in [-0.2, 0) is 14.4 Å². The number of hydrogen-bond acceptors (Lipinski definition) is 5. The lowest BCUT2D eigenvalue weighted by Crippen LogP contribution is -2.37. The molecule has 30 heavy (non-hydrogen) atoms. The number of aromatic hydroxyl groups is 1. The maximum Gasteiger partial charge on any atom is 0.266 e. The van der Waals surface area contributed by atoms with E-state index in [9.17, 15) is 19.1 Å². The zero-order valence-electron chi connectivity index (χ0n) is 15.7. The van der Waals surface area contributed by atoms with Gasteiger partial charge in [-0.2, -0.15) is 0 Å². The summed E-state index contributed by atoms with van der Waals surface area (Å²) in [6.07, 6.45) is -1.02. The number of carbonyl (C=O) groups excluding carboxylic acids is 2. The summed E-state index contributed by atoms with van der Waals surface area (Å²) in [5.74, 6) is -2.15. The zero-order chi connectivity index (χ0) is 20.8. The van der Waals surface area contributed by atoms with Crippen LogP contribution in [0.15, 0.2) is 78.9 Å². The van der Waals surface area contributed by atoms with E-state index in [1.807, 2.05) is 30.3 Å². The third-order valence-electron chi connectivity index (χ3n) is 5.42. The summed E-state index contributed by atoms with van der Waals surface area (Å²) in [5, 5.41) is 11.5. The van der Waals surface area contributed by atoms with Crippen molar-refractivity contribution in [2.24, 2.45) is 5.92 Å². The summed E-state index contributed by atoms with van der Waals surface area (Å²) in [4.78, 5) is 33.5. The summed E-state index contributed by atoms with van der Waals surface area (Å²) >= 11 is 0. The Labute approximate surface area is 171 Å². The molecule has 2 saturated heterocycles. The second kappa shape index (κ2) is 6.96. The molecule has 0 saturated carbocycles. The summed E-state index contributed by atoms with van der Waals surface area (Å²) < 4.78 is 13.3. The van der Waals surface area contributed by atoms with Gasteiger partial charge in [-0.3, -0.25) is 14.4 Å². The van der Waals surface area contributed by atoms with E-state index >= 15 is 0 Å². The van der Waals surface area contributed by atoms with Gasteiger partial charge in [0, 0.05) is 0 Å². The molecule has 2 aliphatic heterocycles. The van der Waals surface area contributed by atoms with Gasteiger partial charge in [-0.05, 0) is 54.1 Å². The molecule has 0 spiro atoms. The van der Waals surface area contributed by atoms with E-state index in [0.29, 0.717) is 16.9 Å². The number of nitrogens with zero attached hydrogens (tertiary/aromatic N) is 2. The first-order valence-corrected chi connectivity index (χ1v) is 9.48. The molecule has 0 radical (unpaired) electrons. The molecule has 150 valence electrons. The number of carbonyl (C=O) groups is 2. The number of phenols is 1. The monoisotopic (exact) mass is 404 g/mol. The van der Waals surface area contributed by atoms with Gasteiger partial charge < -0.3 is 5.11 Å². The third kappa shape index (κ3) is 2.83. The van der Waals surface area contributed by atoms with E-state index in [1.165, 1.54) is 30.3 Å². The SMILES string of the molecule is O=C1[C@H]2[C@H](ON(c3ccccc3)[C@H]2c2cccc(O)c2)C(=O)N1c1ccc(F)cc1. The molecule has 0 unspecified atom stereocenters. The Morgan fingerprint density at radius 1 is 0.833 bits per heavy atom. The minimum absolute atomic E-state index is 0.0520. The van der Waals surface area contributed by atoms with Gasteiger partial charge in [-0.25, -0.2) is 14.4 Å². The predicted octanol–water partition coefficient (Wildman–Crippen LogP) is 3.58. The van der Waals surface area contributed by atoms with Crippen LogP contribution < -0.4 is 9.96 Å². The van der Waals surface area contributed by atoms with Gasteiger partial charge in [-0.1, -0.05) is 30.3 Å². The maximum atomic E-state index is 13.4. The van der Waals surface area contributed by atoms with Crippen LogP contribution in [0.3, 0.4) is 0 Å². The second-order valence-electron chi connectivity index (χ2n) is 7.24. The van der Waals surface area contributed by atoms with Crippen molar-refractivity contribution in [1.82, 2.24) is 0 Å². The lowest BCUT2D eigenvalue weighted by Gasteiger charge is -2.28. The van der Waals surface area contributed by atoms with E-state index in [-0.39, 0.29) is 5.75 Å². The lowest BCUT2D eigenvalue weighted by atomic mass is 9.90. The van der Waals surface area contributed by atoms with Crippen molar-refractivity contribution in [1.29, 1.82) is 0 Å². The van der Waals surface area contributed by atoms with Gasteiger partial charge in [0.25, 0.3) is 5.91 Å². The summed E-state index contributed by atoms with van der Waals surface area (Å²) in [6, 6.07) is 20.3. The Morgan fingerprint density at radius 3 is 2.27 bits per heavy atom. The second-order valence-corrected chi connectivity index (χ2v) is 7.24. The van der Waals surface area contributed by atoms with Crippen LogP contribution in [0.5, 0.6) is 5.75 Å². The van der Waals surface area contributed by atoms with Crippen LogP contribution in [0.25, 0.3) is 0 Å². The first-order chi connectivity index (χ1) is 14.5. The average molecular weight is 404 g/mol. The van der Waals surface area contributed by atoms with Crippen LogP contribution in [0.2, 0.25) is 0 Å². The molecule has 1 N–H and O–H groups in total. The van der Waals surface area contributed by atoms with Crippen molar-refractivity contribution >= 4 is 23.2 Å². The molecule has 0 aromatic heterocycles. The van der Waals surface area contributed by atoms with Gasteiger partial charge in [0.05, 0.1) is 17.4 Å². The molecule has 3 aromatic carbocycles. The number of halogens is 1. The molecule has 2 amide bonds. The molecule has 2 fully saturated rings. The fourth-order valence-electron chi connectivity index (χ4n) is 4.11. The van der Waals surface area contributed by atoms with Gasteiger partial charge >= 0.3 is 0 Å². The Balaban J connectivity index is 1.59. The normalized spacial score (nSPS) is 23.2. The first-order valence-electron chi connectivity index (χ1n) is 9.48. The van der Waals surface area contributed by atoms with Crippen LogP contribution in [0.1, 0.15) is 11.6 Å². The van der Waals surface area contributed by atoms with E-state index in [1.54, 1.807) is 23.3 Å². The van der Waals surface area contributed by atoms with Crippen LogP contribution in [-0.4, -0.2) is 23.0 Å². The number of anilines is 2. The standard InChI is InChI=1S/C23H17FN2O4/c24-15-9-11-16(12-10-15)25-22(28)19-20(14-5-4-8-18(27)13-14)26(30-21(19)23(25)29)17-6-2-1-3-7-17/h1-13,19-21,27H/t19-,20+,21+/m1/s1. The molecule has 3 atom stereocenters. The van der Waals surface area contributed by atoms with Crippen molar-refractivity contribution in [2.45, 2.75) is 12.1 Å². The zero-order valence-corrected chi connectivity index (χ0v) is 15.7. The lowest BCUT2D eigenvalue weighted by molar-refractivity contribution is -0.126. The Morgan fingerprint density at radius 2 is 1.57 bits per heavy atom. The van der Waals surface area contributed by atoms with Gasteiger partial charge in [0.15, 0.2) is 6.10 Å². The molecular formula is C23H17FN2O4. The van der Waals surface area contributed by atoms with Gasteiger partial charge in [0.2, 0.25) is 5.91 Å². The summed E-state index contributed by atoms with van der Waals surface area (Å²) in [7, 11) is 0. The van der Waals surface area contributed by atoms with E-state index in [4.69, 9.17) is 4.84 Å². The number of amides is 2. The van der Waals surface area contributed by atoms with Crippen LogP contribution in [0, 0.1) is 11.7 Å². The molecule has 0 bridgehead atoms. The quantitative estimate of drug-likeness (QED) is 0.676. The minimum Gasteiger partial charge on any atom is -0.508 e. The number of fused-ring (bicyclic) bond motifs is 1. The highest BCUT2D eigenvalue weighted by Crippen LogP contribution is 2.47. The van der Waals surface area contributed by atoms with Crippen molar-refractivity contribution in [3.05, 3.63) is 90.2 Å². The fourth-order valence-corrected chi connectivity index (χ4v) is 4.11. The minimum atomic E-state index is -1.02. The van der Waals surface area contributed by atoms with Crippen molar-refractivity contribution < 1.29 is 23.9 Å². The van der Waals surface area contributed by atoms with Gasteiger partial charge in [-0.15, -0.1) is 0 Å². The smallest absolute Gasteiger partial charge is 0.266 e. The molecule has 0 aliphatic carbocycles. The van der Waals surface area contributed by atoms with Gasteiger partial charge in [0.1, 0.15) is 17.5 Å². The topological polar surface area (TPSA) is 70.1 Å². The largest absolute Gasteiger partial charge is 0.508 e. The first kappa shape index (κ1) is 18.3. The highest BCUT2D eigenvalue weighted by atomic mass is 19.1. The number of rotatable bonds is 3. The molecule has 6 nitrogen and oxygen atoms in total. The number of phenolic OH excluding ortho intramolecular Hbond substituents is 1. The van der Waals surface area contributed by atoms with Crippen LogP contribution >= 0.6 is 0 Å². The Bertz CT molecular complexity index is 1120. The number of imide groups is 1. The highest BCUT2D eigenvalue weighted by Gasteiger charge is 2.60. The molecule has 7 heteroatoms. The Kier molecular flexibility index (Phi) is 4.25. The molecule has 2 heterocycles. The molecule has 3 aromatic rings. The Hall–Kier alpha value is -3.71. The number of hydroxylamine groups is 1.